The van der Waals surface area contributed by atoms with Gasteiger partial charge in [0.25, 0.3) is 0 Å². The highest BCUT2D eigenvalue weighted by atomic mass is 32.2. The predicted octanol–water partition coefficient (Wildman–Crippen LogP) is 3.34. The first kappa shape index (κ1) is 10.6. The number of nitrogens with zero attached hydrogens (tertiary/aromatic N) is 1. The SMILES string of the molecule is CCCCC=C(C#N)SCC. The Morgan fingerprint density at radius 2 is 2.27 bits per heavy atom. The maximum absolute atomic E-state index is 8.62. The second kappa shape index (κ2) is 7.68. The van der Waals surface area contributed by atoms with Crippen LogP contribution in [0, 0.1) is 11.3 Å². The van der Waals surface area contributed by atoms with E-state index in [2.05, 4.69) is 19.9 Å². The van der Waals surface area contributed by atoms with Crippen LogP contribution >= 0.6 is 11.8 Å². The summed E-state index contributed by atoms with van der Waals surface area (Å²) >= 11 is 1.63. The molecule has 0 aromatic carbocycles. The van der Waals surface area contributed by atoms with E-state index >= 15 is 0 Å². The molecule has 0 N–H and O–H groups in total. The van der Waals surface area contributed by atoms with Gasteiger partial charge >= 0.3 is 0 Å². The molecule has 62 valence electrons. The molecular weight excluding hydrogens is 154 g/mol. The van der Waals surface area contributed by atoms with Gasteiger partial charge in [0.2, 0.25) is 0 Å². The zero-order valence-corrected chi connectivity index (χ0v) is 8.08. The first-order valence-electron chi connectivity index (χ1n) is 4.08. The smallest absolute Gasteiger partial charge is 0.106 e. The number of nitriles is 1. The molecule has 0 unspecified atom stereocenters. The lowest BCUT2D eigenvalue weighted by Gasteiger charge is -1.93. The fourth-order valence-electron chi connectivity index (χ4n) is 0.730. The number of hydrogen-bond acceptors (Lipinski definition) is 2. The van der Waals surface area contributed by atoms with Gasteiger partial charge in [-0.05, 0) is 12.2 Å². The van der Waals surface area contributed by atoms with Crippen LogP contribution < -0.4 is 0 Å². The van der Waals surface area contributed by atoms with Crippen molar-refractivity contribution in [3.8, 4) is 6.07 Å². The van der Waals surface area contributed by atoms with Crippen LogP contribution in [0.5, 0.6) is 0 Å². The van der Waals surface area contributed by atoms with Crippen molar-refractivity contribution in [2.45, 2.75) is 33.1 Å². The summed E-state index contributed by atoms with van der Waals surface area (Å²) in [6.07, 6.45) is 5.48. The van der Waals surface area contributed by atoms with Crippen molar-refractivity contribution < 1.29 is 0 Å². The Morgan fingerprint density at radius 3 is 2.73 bits per heavy atom. The third kappa shape index (κ3) is 6.00. The summed E-state index contributed by atoms with van der Waals surface area (Å²) in [5, 5.41) is 8.62. The van der Waals surface area contributed by atoms with E-state index < -0.39 is 0 Å². The van der Waals surface area contributed by atoms with Crippen molar-refractivity contribution in [2.24, 2.45) is 0 Å². The molecule has 0 bridgehead atoms. The van der Waals surface area contributed by atoms with Gasteiger partial charge in [0.1, 0.15) is 6.07 Å². The van der Waals surface area contributed by atoms with Gasteiger partial charge in [-0.25, -0.2) is 0 Å². The molecule has 1 nitrogen and oxygen atoms in total. The lowest BCUT2D eigenvalue weighted by atomic mass is 10.2. The quantitative estimate of drug-likeness (QED) is 0.465. The van der Waals surface area contributed by atoms with Gasteiger partial charge < -0.3 is 0 Å². The summed E-state index contributed by atoms with van der Waals surface area (Å²) in [4.78, 5) is 0.876. The zero-order chi connectivity index (χ0) is 8.53. The highest BCUT2D eigenvalue weighted by Crippen LogP contribution is 2.14. The number of thioether (sulfide) groups is 1. The van der Waals surface area contributed by atoms with Crippen molar-refractivity contribution in [2.75, 3.05) is 5.75 Å². The van der Waals surface area contributed by atoms with Crippen LogP contribution in [-0.2, 0) is 0 Å². The highest BCUT2D eigenvalue weighted by molar-refractivity contribution is 8.03. The molecular formula is C9H15NS. The Balaban J connectivity index is 3.64. The lowest BCUT2D eigenvalue weighted by molar-refractivity contribution is 0.814. The van der Waals surface area contributed by atoms with Crippen molar-refractivity contribution in [1.29, 1.82) is 5.26 Å². The average Bonchev–Trinajstić information content (AvgIpc) is 2.03. The van der Waals surface area contributed by atoms with Gasteiger partial charge in [-0.1, -0.05) is 32.8 Å². The molecule has 0 atom stereocenters. The van der Waals surface area contributed by atoms with Crippen LogP contribution in [0.3, 0.4) is 0 Å². The molecule has 11 heavy (non-hydrogen) atoms. The maximum Gasteiger partial charge on any atom is 0.106 e. The number of rotatable bonds is 5. The first-order valence-corrected chi connectivity index (χ1v) is 5.06. The summed E-state index contributed by atoms with van der Waals surface area (Å²) in [5.41, 5.74) is 0. The Kier molecular flexibility index (Phi) is 7.39. The van der Waals surface area contributed by atoms with Crippen molar-refractivity contribution in [3.63, 3.8) is 0 Å². The van der Waals surface area contributed by atoms with Crippen LogP contribution in [0.1, 0.15) is 33.1 Å². The van der Waals surface area contributed by atoms with Crippen molar-refractivity contribution >= 4 is 11.8 Å². The molecule has 0 amide bonds. The Morgan fingerprint density at radius 1 is 1.55 bits per heavy atom. The summed E-state index contributed by atoms with van der Waals surface area (Å²) in [7, 11) is 0. The number of hydrogen-bond donors (Lipinski definition) is 0. The van der Waals surface area contributed by atoms with E-state index in [1.165, 1.54) is 12.8 Å². The van der Waals surface area contributed by atoms with Gasteiger partial charge in [0.05, 0.1) is 4.91 Å². The minimum absolute atomic E-state index is 0.876. The topological polar surface area (TPSA) is 23.8 Å². The van der Waals surface area contributed by atoms with E-state index in [-0.39, 0.29) is 0 Å². The minimum atomic E-state index is 0.876. The Labute approximate surface area is 73.5 Å². The molecule has 0 spiro atoms. The summed E-state index contributed by atoms with van der Waals surface area (Å²) < 4.78 is 0. The minimum Gasteiger partial charge on any atom is -0.192 e. The largest absolute Gasteiger partial charge is 0.192 e. The standard InChI is InChI=1S/C9H15NS/c1-3-5-6-7-9(8-10)11-4-2/h7H,3-6H2,1-2H3. The normalized spacial score (nSPS) is 11.2. The van der Waals surface area contributed by atoms with Gasteiger partial charge in [0, 0.05) is 0 Å². The molecule has 0 fully saturated rings. The lowest BCUT2D eigenvalue weighted by Crippen LogP contribution is -1.74. The van der Waals surface area contributed by atoms with Crippen LogP contribution in [0.15, 0.2) is 11.0 Å². The molecule has 0 aliphatic rings. The van der Waals surface area contributed by atoms with E-state index in [0.717, 1.165) is 17.1 Å². The second-order valence-electron chi connectivity index (χ2n) is 2.26. The fraction of sp³-hybridized carbons (Fsp3) is 0.667. The number of allylic oxidation sites excluding steroid dienone is 2. The van der Waals surface area contributed by atoms with Crippen LogP contribution in [0.25, 0.3) is 0 Å². The molecule has 0 heterocycles. The molecule has 0 aromatic rings. The Hall–Kier alpha value is -0.420. The fourth-order valence-corrected chi connectivity index (χ4v) is 1.34. The van der Waals surface area contributed by atoms with Crippen LogP contribution in [0.4, 0.5) is 0 Å². The molecule has 0 aliphatic carbocycles. The predicted molar refractivity (Wildman–Crippen MR) is 51.4 cm³/mol. The summed E-state index contributed by atoms with van der Waals surface area (Å²) in [6.45, 7) is 4.22. The Bertz CT molecular complexity index is 155. The molecule has 0 rings (SSSR count). The van der Waals surface area contributed by atoms with E-state index in [1.54, 1.807) is 11.8 Å². The van der Waals surface area contributed by atoms with E-state index in [4.69, 9.17) is 5.26 Å². The van der Waals surface area contributed by atoms with Crippen LogP contribution in [0.2, 0.25) is 0 Å². The van der Waals surface area contributed by atoms with Gasteiger partial charge in [-0.2, -0.15) is 5.26 Å². The highest BCUT2D eigenvalue weighted by Gasteiger charge is 1.91. The van der Waals surface area contributed by atoms with Crippen molar-refractivity contribution in [1.82, 2.24) is 0 Å². The van der Waals surface area contributed by atoms with Crippen molar-refractivity contribution in [3.05, 3.63) is 11.0 Å². The molecule has 0 radical (unpaired) electrons. The summed E-state index contributed by atoms with van der Waals surface area (Å²) in [5.74, 6) is 0.992. The van der Waals surface area contributed by atoms with E-state index in [9.17, 15) is 0 Å². The molecule has 2 heteroatoms. The third-order valence-electron chi connectivity index (χ3n) is 1.30. The third-order valence-corrected chi connectivity index (χ3v) is 2.16. The zero-order valence-electron chi connectivity index (χ0n) is 7.26. The molecule has 0 aromatic heterocycles. The monoisotopic (exact) mass is 169 g/mol. The second-order valence-corrected chi connectivity index (χ2v) is 3.56. The summed E-state index contributed by atoms with van der Waals surface area (Å²) in [6, 6.07) is 2.19. The van der Waals surface area contributed by atoms with Gasteiger partial charge in [0.15, 0.2) is 0 Å². The first-order chi connectivity index (χ1) is 5.35. The van der Waals surface area contributed by atoms with Gasteiger partial charge in [-0.3, -0.25) is 0 Å². The average molecular weight is 169 g/mol. The van der Waals surface area contributed by atoms with E-state index in [0.29, 0.717) is 0 Å². The molecule has 0 saturated heterocycles. The number of unbranched alkanes of at least 4 members (excludes halogenated alkanes) is 2. The van der Waals surface area contributed by atoms with Crippen LogP contribution in [-0.4, -0.2) is 5.75 Å². The van der Waals surface area contributed by atoms with Gasteiger partial charge in [-0.15, -0.1) is 11.8 Å². The molecule has 0 saturated carbocycles. The maximum atomic E-state index is 8.62. The van der Waals surface area contributed by atoms with E-state index in [1.807, 2.05) is 6.08 Å². The molecule has 0 aliphatic heterocycles.